The number of nitrogens with two attached hydrogens (primary N) is 1. The van der Waals surface area contributed by atoms with Crippen molar-refractivity contribution in [2.45, 2.75) is 45.2 Å². The Morgan fingerprint density at radius 1 is 1.33 bits per heavy atom. The number of aromatic nitrogens is 3. The second-order valence-corrected chi connectivity index (χ2v) is 7.07. The quantitative estimate of drug-likeness (QED) is 0.717. The van der Waals surface area contributed by atoms with E-state index in [2.05, 4.69) is 33.6 Å². The summed E-state index contributed by atoms with van der Waals surface area (Å²) in [7, 11) is 0. The molecule has 0 bridgehead atoms. The number of nitrogens with zero attached hydrogens (tertiary/aromatic N) is 3. The fourth-order valence-electron chi connectivity index (χ4n) is 4.01. The van der Waals surface area contributed by atoms with Crippen molar-refractivity contribution in [2.24, 2.45) is 0 Å². The number of anilines is 3. The van der Waals surface area contributed by atoms with Gasteiger partial charge in [-0.1, -0.05) is 12.5 Å². The van der Waals surface area contributed by atoms with Crippen LogP contribution in [-0.2, 0) is 5.66 Å². The van der Waals surface area contributed by atoms with Crippen LogP contribution in [0.15, 0.2) is 34.9 Å². The third-order valence-corrected chi connectivity index (χ3v) is 5.24. The molecule has 0 saturated carbocycles. The number of allylic oxidation sites excluding steroid dienone is 1. The van der Waals surface area contributed by atoms with Crippen molar-refractivity contribution in [1.82, 2.24) is 19.9 Å². The Morgan fingerprint density at radius 2 is 2.15 bits per heavy atom. The molecule has 4 N–H and O–H groups in total. The number of rotatable bonds is 3. The SMILES string of the molecule is CCC1=CC2(CCC1)NC(=O)c1c(C)cc(Nc3cc(N)ncn3)c(=O)n12. The van der Waals surface area contributed by atoms with Gasteiger partial charge in [0.15, 0.2) is 0 Å². The second kappa shape index (κ2) is 6.22. The Hall–Kier alpha value is -3.16. The van der Waals surface area contributed by atoms with Gasteiger partial charge in [-0.05, 0) is 50.3 Å². The lowest BCUT2D eigenvalue weighted by atomic mass is 9.89. The molecule has 0 saturated heterocycles. The van der Waals surface area contributed by atoms with Gasteiger partial charge in [-0.2, -0.15) is 0 Å². The fraction of sp³-hybridized carbons (Fsp3) is 0.368. The Balaban J connectivity index is 1.88. The molecule has 8 heteroatoms. The first-order valence-electron chi connectivity index (χ1n) is 9.08. The van der Waals surface area contributed by atoms with Crippen LogP contribution in [0.25, 0.3) is 0 Å². The van der Waals surface area contributed by atoms with E-state index in [4.69, 9.17) is 5.73 Å². The average molecular weight is 366 g/mol. The summed E-state index contributed by atoms with van der Waals surface area (Å²) in [5.41, 5.74) is 7.38. The highest BCUT2D eigenvalue weighted by molar-refractivity contribution is 5.97. The number of nitrogens with one attached hydrogen (secondary N) is 2. The van der Waals surface area contributed by atoms with E-state index < -0.39 is 5.66 Å². The van der Waals surface area contributed by atoms with Crippen molar-refractivity contribution in [1.29, 1.82) is 0 Å². The molecule has 4 rings (SSSR count). The van der Waals surface area contributed by atoms with Gasteiger partial charge >= 0.3 is 0 Å². The van der Waals surface area contributed by atoms with Crippen molar-refractivity contribution in [3.63, 3.8) is 0 Å². The van der Waals surface area contributed by atoms with Crippen LogP contribution < -0.4 is 21.9 Å². The van der Waals surface area contributed by atoms with Crippen molar-refractivity contribution in [3.05, 3.63) is 51.7 Å². The van der Waals surface area contributed by atoms with Gasteiger partial charge in [-0.25, -0.2) is 9.97 Å². The molecule has 0 fully saturated rings. The monoisotopic (exact) mass is 366 g/mol. The molecule has 8 nitrogen and oxygen atoms in total. The molecule has 1 aliphatic heterocycles. The number of amides is 1. The van der Waals surface area contributed by atoms with Gasteiger partial charge in [-0.3, -0.25) is 14.2 Å². The molecule has 2 aromatic heterocycles. The molecule has 2 aromatic rings. The standard InChI is InChI=1S/C19H22N6O2/c1-3-12-5-4-6-19(9-12)24-17(26)16-11(2)7-13(18(27)25(16)19)23-15-8-14(20)21-10-22-15/h7-10H,3-6H2,1-2H3,(H,24,26)(H3,20,21,22,23). The predicted molar refractivity (Wildman–Crippen MR) is 103 cm³/mol. The van der Waals surface area contributed by atoms with E-state index in [1.165, 1.54) is 11.9 Å². The highest BCUT2D eigenvalue weighted by Crippen LogP contribution is 2.36. The fourth-order valence-corrected chi connectivity index (χ4v) is 4.01. The smallest absolute Gasteiger partial charge is 0.277 e. The molecule has 140 valence electrons. The highest BCUT2D eigenvalue weighted by atomic mass is 16.2. The summed E-state index contributed by atoms with van der Waals surface area (Å²) in [5.74, 6) is 0.525. The minimum atomic E-state index is -0.791. The normalized spacial score (nSPS) is 21.0. The minimum absolute atomic E-state index is 0.212. The lowest BCUT2D eigenvalue weighted by Gasteiger charge is -2.33. The number of hydrogen-bond acceptors (Lipinski definition) is 6. The molecular formula is C19H22N6O2. The third-order valence-electron chi connectivity index (χ3n) is 5.24. The van der Waals surface area contributed by atoms with Crippen LogP contribution in [0.3, 0.4) is 0 Å². The van der Waals surface area contributed by atoms with Gasteiger partial charge in [-0.15, -0.1) is 0 Å². The average Bonchev–Trinajstić information content (AvgIpc) is 2.91. The van der Waals surface area contributed by atoms with Crippen LogP contribution in [0.2, 0.25) is 0 Å². The summed E-state index contributed by atoms with van der Waals surface area (Å²) in [6, 6.07) is 3.24. The molecule has 3 heterocycles. The number of fused-ring (bicyclic) bond motifs is 2. The second-order valence-electron chi connectivity index (χ2n) is 7.07. The van der Waals surface area contributed by atoms with E-state index in [1.807, 2.05) is 6.92 Å². The van der Waals surface area contributed by atoms with Crippen molar-refractivity contribution < 1.29 is 4.79 Å². The molecule has 27 heavy (non-hydrogen) atoms. The van der Waals surface area contributed by atoms with Gasteiger partial charge in [0.25, 0.3) is 11.5 Å². The van der Waals surface area contributed by atoms with Crippen LogP contribution >= 0.6 is 0 Å². The van der Waals surface area contributed by atoms with Crippen LogP contribution in [0.5, 0.6) is 0 Å². The van der Waals surface area contributed by atoms with Gasteiger partial charge < -0.3 is 16.4 Å². The van der Waals surface area contributed by atoms with E-state index in [0.29, 0.717) is 29.4 Å². The van der Waals surface area contributed by atoms with E-state index in [9.17, 15) is 9.59 Å². The maximum Gasteiger partial charge on any atom is 0.277 e. The van der Waals surface area contributed by atoms with E-state index in [-0.39, 0.29) is 11.5 Å². The maximum atomic E-state index is 13.3. The van der Waals surface area contributed by atoms with Gasteiger partial charge in [0.1, 0.15) is 35.0 Å². The zero-order valence-electron chi connectivity index (χ0n) is 15.4. The molecule has 2 aliphatic rings. The first kappa shape index (κ1) is 17.3. The highest BCUT2D eigenvalue weighted by Gasteiger charge is 2.44. The topological polar surface area (TPSA) is 115 Å². The molecule has 1 spiro atoms. The maximum absolute atomic E-state index is 13.3. The van der Waals surface area contributed by atoms with Crippen LogP contribution in [0, 0.1) is 6.92 Å². The molecule has 1 unspecified atom stereocenters. The molecular weight excluding hydrogens is 344 g/mol. The molecule has 1 aliphatic carbocycles. The lowest BCUT2D eigenvalue weighted by molar-refractivity contribution is 0.0931. The molecule has 1 amide bonds. The first-order chi connectivity index (χ1) is 12.9. The van der Waals surface area contributed by atoms with Crippen molar-refractivity contribution in [2.75, 3.05) is 11.1 Å². The number of hydrogen-bond donors (Lipinski definition) is 3. The van der Waals surface area contributed by atoms with Crippen LogP contribution in [-0.4, -0.2) is 20.4 Å². The van der Waals surface area contributed by atoms with Gasteiger partial charge in [0.05, 0.1) is 0 Å². The molecule has 0 radical (unpaired) electrons. The van der Waals surface area contributed by atoms with Crippen LogP contribution in [0.1, 0.15) is 48.7 Å². The van der Waals surface area contributed by atoms with E-state index in [1.54, 1.807) is 16.7 Å². The first-order valence-corrected chi connectivity index (χ1v) is 9.08. The third kappa shape index (κ3) is 2.77. The van der Waals surface area contributed by atoms with E-state index >= 15 is 0 Å². The number of nitrogen functional groups attached to an aromatic ring is 1. The van der Waals surface area contributed by atoms with Crippen molar-refractivity contribution >= 4 is 23.2 Å². The summed E-state index contributed by atoms with van der Waals surface area (Å²) in [4.78, 5) is 33.9. The zero-order valence-corrected chi connectivity index (χ0v) is 15.4. The Labute approximate surface area is 156 Å². The number of aryl methyl sites for hydroxylation is 1. The number of carbonyl (C=O) groups is 1. The zero-order chi connectivity index (χ0) is 19.2. The number of pyridine rings is 1. The Morgan fingerprint density at radius 3 is 2.89 bits per heavy atom. The predicted octanol–water partition coefficient (Wildman–Crippen LogP) is 2.19. The van der Waals surface area contributed by atoms with Crippen molar-refractivity contribution in [3.8, 4) is 0 Å². The number of carbonyl (C=O) groups excluding carboxylic acids is 1. The summed E-state index contributed by atoms with van der Waals surface area (Å²) in [5, 5.41) is 6.08. The largest absolute Gasteiger partial charge is 0.384 e. The van der Waals surface area contributed by atoms with Gasteiger partial charge in [0, 0.05) is 6.07 Å². The summed E-state index contributed by atoms with van der Waals surface area (Å²) in [6.45, 7) is 3.92. The summed E-state index contributed by atoms with van der Waals surface area (Å²) in [6.07, 6.45) is 6.90. The Bertz CT molecular complexity index is 1030. The summed E-state index contributed by atoms with van der Waals surface area (Å²) >= 11 is 0. The van der Waals surface area contributed by atoms with Crippen LogP contribution in [0.4, 0.5) is 17.3 Å². The van der Waals surface area contributed by atoms with E-state index in [0.717, 1.165) is 24.8 Å². The summed E-state index contributed by atoms with van der Waals surface area (Å²) < 4.78 is 1.60. The molecule has 0 aromatic carbocycles. The lowest BCUT2D eigenvalue weighted by Crippen LogP contribution is -2.47. The minimum Gasteiger partial charge on any atom is -0.384 e. The van der Waals surface area contributed by atoms with Gasteiger partial charge in [0.2, 0.25) is 0 Å². The Kier molecular flexibility index (Phi) is 3.98. The molecule has 1 atom stereocenters.